The number of hydrogen-bond acceptors (Lipinski definition) is 4. The Balaban J connectivity index is 2.07. The highest BCUT2D eigenvalue weighted by Gasteiger charge is 2.27. The van der Waals surface area contributed by atoms with Gasteiger partial charge in [0, 0.05) is 51.0 Å². The van der Waals surface area contributed by atoms with Crippen molar-refractivity contribution < 1.29 is 0 Å². The standard InChI is InChI=1S/C13H25N5/c1-4-17-5-7-18(8-6-17)13(11(2)14)12-9-15-16(3)10-12/h9-11,13H,4-8,14H2,1-3H3. The number of rotatable bonds is 4. The van der Waals surface area contributed by atoms with E-state index < -0.39 is 0 Å². The zero-order valence-electron chi connectivity index (χ0n) is 11.7. The summed E-state index contributed by atoms with van der Waals surface area (Å²) in [6, 6.07) is 0.417. The molecule has 1 aliphatic rings. The average molecular weight is 251 g/mol. The van der Waals surface area contributed by atoms with Crippen molar-refractivity contribution in [2.75, 3.05) is 32.7 Å². The minimum absolute atomic E-state index is 0.127. The molecular weight excluding hydrogens is 226 g/mol. The molecule has 1 aliphatic heterocycles. The normalized spacial score (nSPS) is 22.0. The van der Waals surface area contributed by atoms with E-state index in [-0.39, 0.29) is 12.1 Å². The van der Waals surface area contributed by atoms with Crippen LogP contribution in [0, 0.1) is 0 Å². The summed E-state index contributed by atoms with van der Waals surface area (Å²) < 4.78 is 1.85. The summed E-state index contributed by atoms with van der Waals surface area (Å²) in [4.78, 5) is 4.98. The number of nitrogens with zero attached hydrogens (tertiary/aromatic N) is 4. The smallest absolute Gasteiger partial charge is 0.0538 e. The Labute approximate surface area is 110 Å². The van der Waals surface area contributed by atoms with E-state index in [1.807, 2.05) is 17.9 Å². The van der Waals surface area contributed by atoms with Crippen LogP contribution in [-0.2, 0) is 7.05 Å². The van der Waals surface area contributed by atoms with E-state index >= 15 is 0 Å². The lowest BCUT2D eigenvalue weighted by molar-refractivity contribution is 0.0898. The molecule has 2 heterocycles. The van der Waals surface area contributed by atoms with Gasteiger partial charge < -0.3 is 10.6 Å². The maximum Gasteiger partial charge on any atom is 0.0538 e. The first-order chi connectivity index (χ1) is 8.61. The molecule has 102 valence electrons. The van der Waals surface area contributed by atoms with Crippen molar-refractivity contribution in [3.8, 4) is 0 Å². The lowest BCUT2D eigenvalue weighted by Gasteiger charge is -2.40. The van der Waals surface area contributed by atoms with Gasteiger partial charge >= 0.3 is 0 Å². The second-order valence-electron chi connectivity index (χ2n) is 5.22. The molecule has 2 atom stereocenters. The third kappa shape index (κ3) is 2.91. The van der Waals surface area contributed by atoms with Gasteiger partial charge in [0.25, 0.3) is 0 Å². The van der Waals surface area contributed by atoms with Crippen LogP contribution in [0.15, 0.2) is 12.4 Å². The Morgan fingerprint density at radius 1 is 1.33 bits per heavy atom. The van der Waals surface area contributed by atoms with Crippen LogP contribution < -0.4 is 5.73 Å². The van der Waals surface area contributed by atoms with Crippen molar-refractivity contribution in [3.05, 3.63) is 18.0 Å². The molecule has 0 spiro atoms. The maximum absolute atomic E-state index is 6.18. The predicted octanol–water partition coefficient (Wildman–Crippen LogP) is 0.446. The van der Waals surface area contributed by atoms with Crippen LogP contribution >= 0.6 is 0 Å². The van der Waals surface area contributed by atoms with Gasteiger partial charge in [-0.3, -0.25) is 9.58 Å². The third-order valence-electron chi connectivity index (χ3n) is 3.81. The molecule has 0 radical (unpaired) electrons. The van der Waals surface area contributed by atoms with Gasteiger partial charge in [0.05, 0.1) is 12.2 Å². The number of likely N-dealkylation sites (N-methyl/N-ethyl adjacent to an activating group) is 1. The fourth-order valence-corrected chi connectivity index (χ4v) is 2.80. The van der Waals surface area contributed by atoms with Crippen LogP contribution in [0.2, 0.25) is 0 Å². The van der Waals surface area contributed by atoms with Crippen molar-refractivity contribution in [3.63, 3.8) is 0 Å². The second kappa shape index (κ2) is 5.82. The molecule has 0 saturated carbocycles. The van der Waals surface area contributed by atoms with Gasteiger partial charge in [-0.05, 0) is 13.5 Å². The molecule has 0 aliphatic carbocycles. The molecule has 5 heteroatoms. The fraction of sp³-hybridized carbons (Fsp3) is 0.769. The Bertz CT molecular complexity index is 365. The minimum atomic E-state index is 0.127. The monoisotopic (exact) mass is 251 g/mol. The van der Waals surface area contributed by atoms with Gasteiger partial charge in [0.2, 0.25) is 0 Å². The zero-order valence-corrected chi connectivity index (χ0v) is 11.7. The molecule has 18 heavy (non-hydrogen) atoms. The van der Waals surface area contributed by atoms with Gasteiger partial charge in [-0.1, -0.05) is 6.92 Å². The number of piperazine rings is 1. The first-order valence-electron chi connectivity index (χ1n) is 6.82. The van der Waals surface area contributed by atoms with E-state index in [1.165, 1.54) is 5.56 Å². The van der Waals surface area contributed by atoms with E-state index in [4.69, 9.17) is 5.73 Å². The summed E-state index contributed by atoms with van der Waals surface area (Å²) in [6.45, 7) is 9.91. The molecule has 5 nitrogen and oxygen atoms in total. The molecule has 2 rings (SSSR count). The molecule has 0 aromatic carbocycles. The van der Waals surface area contributed by atoms with Gasteiger partial charge in [0.1, 0.15) is 0 Å². The fourth-order valence-electron chi connectivity index (χ4n) is 2.80. The summed E-state index contributed by atoms with van der Waals surface area (Å²) in [5.41, 5.74) is 7.42. The second-order valence-corrected chi connectivity index (χ2v) is 5.22. The number of aromatic nitrogens is 2. The average Bonchev–Trinajstić information content (AvgIpc) is 2.76. The lowest BCUT2D eigenvalue weighted by atomic mass is 10.0. The molecule has 1 saturated heterocycles. The Hall–Kier alpha value is -0.910. The van der Waals surface area contributed by atoms with Crippen molar-refractivity contribution in [1.29, 1.82) is 0 Å². The Morgan fingerprint density at radius 2 is 2.00 bits per heavy atom. The lowest BCUT2D eigenvalue weighted by Crippen LogP contribution is -2.50. The highest BCUT2D eigenvalue weighted by molar-refractivity contribution is 5.13. The molecular formula is C13H25N5. The van der Waals surface area contributed by atoms with Crippen LogP contribution in [-0.4, -0.2) is 58.3 Å². The van der Waals surface area contributed by atoms with Crippen LogP contribution in [0.25, 0.3) is 0 Å². The molecule has 1 aromatic rings. The van der Waals surface area contributed by atoms with Crippen molar-refractivity contribution in [1.82, 2.24) is 19.6 Å². The third-order valence-corrected chi connectivity index (χ3v) is 3.81. The van der Waals surface area contributed by atoms with Gasteiger partial charge in [-0.25, -0.2) is 0 Å². The van der Waals surface area contributed by atoms with Gasteiger partial charge in [-0.15, -0.1) is 0 Å². The summed E-state index contributed by atoms with van der Waals surface area (Å²) in [5.74, 6) is 0. The van der Waals surface area contributed by atoms with Crippen LogP contribution in [0.4, 0.5) is 0 Å². The number of aryl methyl sites for hydroxylation is 1. The molecule has 1 fully saturated rings. The van der Waals surface area contributed by atoms with E-state index in [0.29, 0.717) is 0 Å². The molecule has 2 unspecified atom stereocenters. The molecule has 0 amide bonds. The first-order valence-corrected chi connectivity index (χ1v) is 6.82. The molecule has 1 aromatic heterocycles. The largest absolute Gasteiger partial charge is 0.326 e. The van der Waals surface area contributed by atoms with Crippen molar-refractivity contribution in [2.24, 2.45) is 12.8 Å². The summed E-state index contributed by atoms with van der Waals surface area (Å²) in [6.07, 6.45) is 4.03. The van der Waals surface area contributed by atoms with E-state index in [0.717, 1.165) is 32.7 Å². The highest BCUT2D eigenvalue weighted by atomic mass is 15.3. The van der Waals surface area contributed by atoms with Crippen LogP contribution in [0.5, 0.6) is 0 Å². The summed E-state index contributed by atoms with van der Waals surface area (Å²) in [5, 5.41) is 4.27. The Kier molecular flexibility index (Phi) is 4.37. The quantitative estimate of drug-likeness (QED) is 0.844. The Morgan fingerprint density at radius 3 is 2.44 bits per heavy atom. The van der Waals surface area contributed by atoms with E-state index in [1.54, 1.807) is 0 Å². The zero-order chi connectivity index (χ0) is 13.1. The number of hydrogen-bond donors (Lipinski definition) is 1. The van der Waals surface area contributed by atoms with E-state index in [9.17, 15) is 0 Å². The van der Waals surface area contributed by atoms with Crippen molar-refractivity contribution >= 4 is 0 Å². The van der Waals surface area contributed by atoms with Gasteiger partial charge in [-0.2, -0.15) is 5.10 Å². The topological polar surface area (TPSA) is 50.3 Å². The summed E-state index contributed by atoms with van der Waals surface area (Å²) >= 11 is 0. The van der Waals surface area contributed by atoms with Crippen LogP contribution in [0.3, 0.4) is 0 Å². The van der Waals surface area contributed by atoms with Crippen molar-refractivity contribution in [2.45, 2.75) is 25.9 Å². The van der Waals surface area contributed by atoms with Gasteiger partial charge in [0.15, 0.2) is 0 Å². The molecule has 0 bridgehead atoms. The summed E-state index contributed by atoms with van der Waals surface area (Å²) in [7, 11) is 1.96. The first kappa shape index (κ1) is 13.5. The molecule has 2 N–H and O–H groups in total. The van der Waals surface area contributed by atoms with Crippen LogP contribution in [0.1, 0.15) is 25.5 Å². The highest BCUT2D eigenvalue weighted by Crippen LogP contribution is 2.24. The van der Waals surface area contributed by atoms with E-state index in [2.05, 4.69) is 34.9 Å². The predicted molar refractivity (Wildman–Crippen MR) is 73.3 cm³/mol. The maximum atomic E-state index is 6.18. The number of nitrogens with two attached hydrogens (primary N) is 1. The minimum Gasteiger partial charge on any atom is -0.326 e. The SMILES string of the molecule is CCN1CCN(C(c2cnn(C)c2)C(C)N)CC1.